The third-order valence-electron chi connectivity index (χ3n) is 14.7. The summed E-state index contributed by atoms with van der Waals surface area (Å²) in [6.07, 6.45) is 66.9. The fourth-order valence-corrected chi connectivity index (χ4v) is 9.51. The molecule has 0 aromatic rings. The molecule has 1 saturated heterocycles. The van der Waals surface area contributed by atoms with Crippen LogP contribution in [0.2, 0.25) is 0 Å². The van der Waals surface area contributed by atoms with Crippen LogP contribution in [0.3, 0.4) is 0 Å². The Bertz CT molecular complexity index is 1730. The summed E-state index contributed by atoms with van der Waals surface area (Å²) in [7, 11) is 0. The summed E-state index contributed by atoms with van der Waals surface area (Å²) >= 11 is 0. The summed E-state index contributed by atoms with van der Waals surface area (Å²) in [6.45, 7) is 5.62. The molecule has 1 heterocycles. The van der Waals surface area contributed by atoms with Gasteiger partial charge in [-0.15, -0.1) is 0 Å². The predicted octanol–water partition coefficient (Wildman–Crippen LogP) is 16.1. The highest BCUT2D eigenvalue weighted by atomic mass is 16.7. The molecule has 1 rings (SSSR count). The molecular weight excluding hydrogens is 1010 g/mol. The van der Waals surface area contributed by atoms with E-state index in [1.165, 1.54) is 77.0 Å². The number of rotatable bonds is 54. The molecule has 11 heteroatoms. The highest BCUT2D eigenvalue weighted by Gasteiger charge is 2.47. The van der Waals surface area contributed by atoms with Crippen molar-refractivity contribution in [3.8, 4) is 0 Å². The van der Waals surface area contributed by atoms with E-state index >= 15 is 0 Å². The van der Waals surface area contributed by atoms with Crippen LogP contribution in [0.25, 0.3) is 0 Å². The minimum absolute atomic E-state index is 0.0924. The van der Waals surface area contributed by atoms with Gasteiger partial charge < -0.3 is 45.1 Å². The second-order valence-electron chi connectivity index (χ2n) is 22.1. The molecule has 0 aromatic carbocycles. The minimum atomic E-state index is -1.63. The molecule has 8 unspecified atom stereocenters. The molecule has 6 N–H and O–H groups in total. The third-order valence-corrected chi connectivity index (χ3v) is 14.7. The first-order chi connectivity index (χ1) is 39.7. The third kappa shape index (κ3) is 44.5. The van der Waals surface area contributed by atoms with Crippen molar-refractivity contribution in [1.29, 1.82) is 0 Å². The lowest BCUT2D eigenvalue weighted by molar-refractivity contribution is -0.305. The van der Waals surface area contributed by atoms with E-state index in [-0.39, 0.29) is 19.4 Å². The Morgan fingerprint density at radius 3 is 1.36 bits per heavy atom. The van der Waals surface area contributed by atoms with Crippen molar-refractivity contribution in [3.05, 3.63) is 109 Å². The first-order valence-corrected chi connectivity index (χ1v) is 32.7. The number of esters is 1. The number of hydrogen-bond acceptors (Lipinski definition) is 10. The molecule has 0 saturated carbocycles. The maximum absolute atomic E-state index is 13.4. The van der Waals surface area contributed by atoms with Crippen molar-refractivity contribution >= 4 is 11.9 Å². The highest BCUT2D eigenvalue weighted by molar-refractivity contribution is 5.80. The van der Waals surface area contributed by atoms with Crippen molar-refractivity contribution in [1.82, 2.24) is 5.32 Å². The van der Waals surface area contributed by atoms with Crippen molar-refractivity contribution in [2.45, 2.75) is 307 Å². The van der Waals surface area contributed by atoms with E-state index < -0.39 is 67.4 Å². The molecule has 1 aliphatic rings. The lowest BCUT2D eigenvalue weighted by Crippen LogP contribution is -2.61. The molecule has 11 nitrogen and oxygen atoms in total. The number of unbranched alkanes of at least 4 members (excludes halogenated alkanes) is 24. The van der Waals surface area contributed by atoms with Crippen molar-refractivity contribution in [3.63, 3.8) is 0 Å². The van der Waals surface area contributed by atoms with Gasteiger partial charge in [-0.1, -0.05) is 252 Å². The molecule has 0 aromatic heterocycles. The summed E-state index contributed by atoms with van der Waals surface area (Å²) < 4.78 is 17.6. The van der Waals surface area contributed by atoms with Crippen LogP contribution in [0.4, 0.5) is 0 Å². The topological polar surface area (TPSA) is 175 Å². The number of hydrogen-bond donors (Lipinski definition) is 6. The van der Waals surface area contributed by atoms with E-state index in [1.807, 2.05) is 6.08 Å². The maximum Gasteiger partial charge on any atom is 0.306 e. The number of carbonyl (C=O) groups excluding carboxylic acids is 2. The number of aliphatic hydroxyl groups excluding tert-OH is 5. The molecule has 1 fully saturated rings. The zero-order chi connectivity index (χ0) is 58.9. The molecule has 464 valence electrons. The monoisotopic (exact) mass is 1130 g/mol. The Balaban J connectivity index is 2.64. The predicted molar refractivity (Wildman–Crippen MR) is 338 cm³/mol. The number of allylic oxidation sites excluding steroid dienone is 17. The van der Waals surface area contributed by atoms with Crippen LogP contribution >= 0.6 is 0 Å². The van der Waals surface area contributed by atoms with Crippen molar-refractivity contribution in [2.24, 2.45) is 0 Å². The Labute approximate surface area is 494 Å². The summed E-state index contributed by atoms with van der Waals surface area (Å²) in [5, 5.41) is 57.0. The second kappa shape index (κ2) is 56.8. The molecule has 0 radical (unpaired) electrons. The summed E-state index contributed by atoms with van der Waals surface area (Å²) in [5.74, 6) is -1.23. The zero-order valence-corrected chi connectivity index (χ0v) is 51.4. The van der Waals surface area contributed by atoms with E-state index in [0.29, 0.717) is 12.8 Å². The number of amides is 1. The van der Waals surface area contributed by atoms with Gasteiger partial charge in [-0.05, 0) is 109 Å². The fraction of sp³-hybridized carbons (Fsp3) is 0.714. The normalized spacial score (nSPS) is 19.4. The SMILES string of the molecule is CC/C=C\C/C=C\C/C=C\C/C=C\C/C=C\CCCCCCCCCCC(O)C(=O)NC(COC1OC(CO)C(O)C(O)C1OC(=O)CCCCCC/C=C\C/C=C\C/C=C\CCCCC)C(O)/C=C/CCCCCCCCCCC. The molecular formula is C70H119NO10. The van der Waals surface area contributed by atoms with Gasteiger partial charge >= 0.3 is 5.97 Å². The van der Waals surface area contributed by atoms with E-state index in [2.05, 4.69) is 123 Å². The maximum atomic E-state index is 13.4. The molecule has 1 aliphatic heterocycles. The van der Waals surface area contributed by atoms with Crippen molar-refractivity contribution < 1.29 is 49.3 Å². The lowest BCUT2D eigenvalue weighted by Gasteiger charge is -2.41. The van der Waals surface area contributed by atoms with Gasteiger partial charge in [-0.3, -0.25) is 9.59 Å². The van der Waals surface area contributed by atoms with Crippen LogP contribution in [0.5, 0.6) is 0 Å². The van der Waals surface area contributed by atoms with Gasteiger partial charge in [0.25, 0.3) is 0 Å². The quantitative estimate of drug-likeness (QED) is 0.0195. The van der Waals surface area contributed by atoms with Crippen molar-refractivity contribution in [2.75, 3.05) is 13.2 Å². The highest BCUT2D eigenvalue weighted by Crippen LogP contribution is 2.26. The summed E-state index contributed by atoms with van der Waals surface area (Å²) in [6, 6.07) is -1.04. The van der Waals surface area contributed by atoms with Gasteiger partial charge in [-0.25, -0.2) is 0 Å². The standard InChI is InChI=1S/C70H119NO10/c1-4-7-10-13-16-19-22-24-26-28-29-30-31-32-33-34-36-37-39-42-45-48-51-54-57-63(74)69(78)71-61(62(73)56-53-50-47-44-41-21-18-15-12-9-6-3)60-79-70-68(67(77)66(76)64(59-72)80-70)81-65(75)58-55-52-49-46-43-40-38-35-27-25-23-20-17-14-11-8-5-2/h7,10,16-17,19-20,24-27,29-30,32-33,38,40,53,56,61-64,66-68,70,72-74,76-77H,4-6,8-9,11-15,18,21-23,28,31,34-37,39,41-52,54-55,57-60H2,1-3H3,(H,71,78)/b10-7-,19-16-,20-17-,26-24-,27-25-,30-29-,33-32-,40-38-,56-53+. The number of carbonyl (C=O) groups is 2. The largest absolute Gasteiger partial charge is 0.454 e. The van der Waals surface area contributed by atoms with E-state index in [1.54, 1.807) is 6.08 Å². The first kappa shape index (κ1) is 75.3. The smallest absolute Gasteiger partial charge is 0.306 e. The molecule has 0 bridgehead atoms. The van der Waals surface area contributed by atoms with E-state index in [0.717, 1.165) is 135 Å². The molecule has 0 spiro atoms. The number of ether oxygens (including phenoxy) is 3. The molecule has 81 heavy (non-hydrogen) atoms. The zero-order valence-electron chi connectivity index (χ0n) is 51.4. The Morgan fingerprint density at radius 2 is 0.889 bits per heavy atom. The van der Waals surface area contributed by atoms with Gasteiger partial charge in [0, 0.05) is 6.42 Å². The summed E-state index contributed by atoms with van der Waals surface area (Å²) in [5.41, 5.74) is 0. The fourth-order valence-electron chi connectivity index (χ4n) is 9.51. The second-order valence-corrected chi connectivity index (χ2v) is 22.1. The van der Waals surface area contributed by atoms with E-state index in [4.69, 9.17) is 14.2 Å². The Hall–Kier alpha value is -3.68. The van der Waals surface area contributed by atoms with Gasteiger partial charge in [0.05, 0.1) is 25.4 Å². The number of aliphatic hydroxyl groups is 5. The Morgan fingerprint density at radius 1 is 0.494 bits per heavy atom. The van der Waals surface area contributed by atoms with Crippen LogP contribution in [0, 0.1) is 0 Å². The molecule has 0 aliphatic carbocycles. The Kier molecular flexibility index (Phi) is 52.8. The van der Waals surface area contributed by atoms with Crippen LogP contribution in [0.15, 0.2) is 109 Å². The van der Waals surface area contributed by atoms with Gasteiger partial charge in [0.2, 0.25) is 5.91 Å². The van der Waals surface area contributed by atoms with Gasteiger partial charge in [-0.2, -0.15) is 0 Å². The van der Waals surface area contributed by atoms with Crippen LogP contribution in [0.1, 0.15) is 258 Å². The molecule has 8 atom stereocenters. The van der Waals surface area contributed by atoms with Crippen LogP contribution in [-0.2, 0) is 23.8 Å². The summed E-state index contributed by atoms with van der Waals surface area (Å²) in [4.78, 5) is 26.6. The number of nitrogens with one attached hydrogen (secondary N) is 1. The lowest BCUT2D eigenvalue weighted by atomic mass is 9.99. The average Bonchev–Trinajstić information content (AvgIpc) is 3.50. The van der Waals surface area contributed by atoms with Gasteiger partial charge in [0.1, 0.15) is 24.4 Å². The minimum Gasteiger partial charge on any atom is -0.454 e. The van der Waals surface area contributed by atoms with Gasteiger partial charge in [0.15, 0.2) is 12.4 Å². The van der Waals surface area contributed by atoms with Crippen LogP contribution in [-0.4, -0.2) is 99.6 Å². The molecule has 1 amide bonds. The van der Waals surface area contributed by atoms with Crippen LogP contribution < -0.4 is 5.32 Å². The average molecular weight is 1130 g/mol. The van der Waals surface area contributed by atoms with E-state index in [9.17, 15) is 35.1 Å². The first-order valence-electron chi connectivity index (χ1n) is 32.7.